The molecule has 0 amide bonds. The quantitative estimate of drug-likeness (QED) is 0.761. The molecule has 2 aromatic rings. The first kappa shape index (κ1) is 10.4. The van der Waals surface area contributed by atoms with E-state index in [1.54, 1.807) is 0 Å². The van der Waals surface area contributed by atoms with Gasteiger partial charge < -0.3 is 5.32 Å². The van der Waals surface area contributed by atoms with Crippen molar-refractivity contribution in [3.63, 3.8) is 0 Å². The molecular weight excluding hydrogens is 198 g/mol. The normalized spacial score (nSPS) is 10.6. The zero-order valence-corrected chi connectivity index (χ0v) is 9.09. The summed E-state index contributed by atoms with van der Waals surface area (Å²) < 4.78 is 0. The highest BCUT2D eigenvalue weighted by atomic mass is 15.1. The van der Waals surface area contributed by atoms with E-state index in [1.807, 2.05) is 61.6 Å². The Kier molecular flexibility index (Phi) is 3.28. The fraction of sp³-hybridized carbons (Fsp3) is 0.0769. The Labute approximate surface area is 94.9 Å². The maximum absolute atomic E-state index is 4.21. The molecule has 80 valence electrons. The molecule has 16 heavy (non-hydrogen) atoms. The SMILES string of the molecule is CNc1ccccc1N=Nc1ccccc1. The minimum absolute atomic E-state index is 0.842. The van der Waals surface area contributed by atoms with Crippen LogP contribution in [0.25, 0.3) is 0 Å². The Morgan fingerprint density at radius 1 is 0.812 bits per heavy atom. The van der Waals surface area contributed by atoms with Crippen LogP contribution in [0.1, 0.15) is 0 Å². The van der Waals surface area contributed by atoms with Crippen molar-refractivity contribution in [1.82, 2.24) is 0 Å². The maximum Gasteiger partial charge on any atom is 0.109 e. The van der Waals surface area contributed by atoms with E-state index >= 15 is 0 Å². The van der Waals surface area contributed by atoms with E-state index in [9.17, 15) is 0 Å². The molecule has 3 heteroatoms. The molecule has 0 spiro atoms. The van der Waals surface area contributed by atoms with Crippen LogP contribution in [0.3, 0.4) is 0 Å². The van der Waals surface area contributed by atoms with Gasteiger partial charge in [-0.1, -0.05) is 30.3 Å². The second kappa shape index (κ2) is 5.07. The average molecular weight is 211 g/mol. The number of para-hydroxylation sites is 1. The molecule has 3 nitrogen and oxygen atoms in total. The molecule has 0 unspecified atom stereocenters. The van der Waals surface area contributed by atoms with E-state index in [0.29, 0.717) is 0 Å². The van der Waals surface area contributed by atoms with E-state index in [2.05, 4.69) is 15.5 Å². The third kappa shape index (κ3) is 2.45. The first-order chi connectivity index (χ1) is 7.90. The zero-order valence-electron chi connectivity index (χ0n) is 9.09. The number of hydrogen-bond donors (Lipinski definition) is 1. The Hall–Kier alpha value is -2.16. The van der Waals surface area contributed by atoms with Gasteiger partial charge in [-0.3, -0.25) is 0 Å². The van der Waals surface area contributed by atoms with Gasteiger partial charge in [-0.05, 0) is 24.3 Å². The highest BCUT2D eigenvalue weighted by molar-refractivity contribution is 5.64. The first-order valence-electron chi connectivity index (χ1n) is 5.14. The Balaban J connectivity index is 2.24. The van der Waals surface area contributed by atoms with Crippen molar-refractivity contribution < 1.29 is 0 Å². The van der Waals surface area contributed by atoms with E-state index < -0.39 is 0 Å². The number of rotatable bonds is 3. The fourth-order valence-electron chi connectivity index (χ4n) is 1.38. The van der Waals surface area contributed by atoms with Crippen LogP contribution in [0.4, 0.5) is 17.1 Å². The van der Waals surface area contributed by atoms with Gasteiger partial charge in [0.2, 0.25) is 0 Å². The standard InChI is InChI=1S/C13H13N3/c1-14-12-9-5-6-10-13(12)16-15-11-7-3-2-4-8-11/h2-10,14H,1H3. The van der Waals surface area contributed by atoms with Crippen LogP contribution >= 0.6 is 0 Å². The number of nitrogens with one attached hydrogen (secondary N) is 1. The monoisotopic (exact) mass is 211 g/mol. The highest BCUT2D eigenvalue weighted by Gasteiger charge is 1.96. The summed E-state index contributed by atoms with van der Waals surface area (Å²) in [5, 5.41) is 11.5. The molecular formula is C13H13N3. The second-order valence-corrected chi connectivity index (χ2v) is 3.30. The summed E-state index contributed by atoms with van der Waals surface area (Å²) in [5.41, 5.74) is 2.67. The molecule has 0 aromatic heterocycles. The molecule has 0 saturated carbocycles. The Morgan fingerprint density at radius 2 is 1.50 bits per heavy atom. The maximum atomic E-state index is 4.21. The molecule has 0 fully saturated rings. The molecule has 0 bridgehead atoms. The van der Waals surface area contributed by atoms with Gasteiger partial charge in [-0.2, -0.15) is 5.11 Å². The molecule has 1 N–H and O–H groups in total. The smallest absolute Gasteiger partial charge is 0.109 e. The van der Waals surface area contributed by atoms with Crippen LogP contribution in [0.5, 0.6) is 0 Å². The van der Waals surface area contributed by atoms with Crippen molar-refractivity contribution in [2.24, 2.45) is 10.2 Å². The molecule has 2 rings (SSSR count). The lowest BCUT2D eigenvalue weighted by atomic mass is 10.3. The summed E-state index contributed by atoms with van der Waals surface area (Å²) >= 11 is 0. The predicted octanol–water partition coefficient (Wildman–Crippen LogP) is 4.14. The minimum Gasteiger partial charge on any atom is -0.386 e. The highest BCUT2D eigenvalue weighted by Crippen LogP contribution is 2.25. The van der Waals surface area contributed by atoms with Gasteiger partial charge in [0.05, 0.1) is 11.4 Å². The van der Waals surface area contributed by atoms with Gasteiger partial charge in [0.25, 0.3) is 0 Å². The van der Waals surface area contributed by atoms with Gasteiger partial charge in [0.1, 0.15) is 5.69 Å². The lowest BCUT2D eigenvalue weighted by Gasteiger charge is -2.02. The number of benzene rings is 2. The van der Waals surface area contributed by atoms with E-state index in [1.165, 1.54) is 0 Å². The summed E-state index contributed by atoms with van der Waals surface area (Å²) in [6.45, 7) is 0. The predicted molar refractivity (Wildman–Crippen MR) is 66.6 cm³/mol. The van der Waals surface area contributed by atoms with Crippen molar-refractivity contribution in [3.05, 3.63) is 54.6 Å². The Bertz CT molecular complexity index is 478. The van der Waals surface area contributed by atoms with E-state index in [-0.39, 0.29) is 0 Å². The van der Waals surface area contributed by atoms with Crippen molar-refractivity contribution in [1.29, 1.82) is 0 Å². The Morgan fingerprint density at radius 3 is 2.25 bits per heavy atom. The molecule has 0 saturated heterocycles. The zero-order chi connectivity index (χ0) is 11.2. The van der Waals surface area contributed by atoms with Crippen LogP contribution in [-0.4, -0.2) is 7.05 Å². The van der Waals surface area contributed by atoms with Gasteiger partial charge in [0, 0.05) is 7.05 Å². The minimum atomic E-state index is 0.842. The lowest BCUT2D eigenvalue weighted by molar-refractivity contribution is 1.23. The van der Waals surface area contributed by atoms with Crippen molar-refractivity contribution in [2.75, 3.05) is 12.4 Å². The molecule has 0 atom stereocenters. The van der Waals surface area contributed by atoms with Gasteiger partial charge >= 0.3 is 0 Å². The fourth-order valence-corrected chi connectivity index (χ4v) is 1.38. The van der Waals surface area contributed by atoms with Crippen LogP contribution in [-0.2, 0) is 0 Å². The van der Waals surface area contributed by atoms with Crippen LogP contribution < -0.4 is 5.32 Å². The molecule has 0 radical (unpaired) electrons. The lowest BCUT2D eigenvalue weighted by Crippen LogP contribution is -1.86. The number of nitrogens with zero attached hydrogens (tertiary/aromatic N) is 2. The topological polar surface area (TPSA) is 36.8 Å². The first-order valence-corrected chi connectivity index (χ1v) is 5.14. The van der Waals surface area contributed by atoms with Crippen LogP contribution in [0, 0.1) is 0 Å². The summed E-state index contributed by atoms with van der Waals surface area (Å²) in [5.74, 6) is 0. The van der Waals surface area contributed by atoms with Gasteiger partial charge in [0.15, 0.2) is 0 Å². The van der Waals surface area contributed by atoms with E-state index in [4.69, 9.17) is 0 Å². The van der Waals surface area contributed by atoms with Gasteiger partial charge in [-0.25, -0.2) is 0 Å². The average Bonchev–Trinajstić information content (AvgIpc) is 2.38. The summed E-state index contributed by atoms with van der Waals surface area (Å²) in [4.78, 5) is 0. The van der Waals surface area contributed by atoms with Crippen molar-refractivity contribution in [2.45, 2.75) is 0 Å². The third-order valence-corrected chi connectivity index (χ3v) is 2.20. The summed E-state index contributed by atoms with van der Waals surface area (Å²) in [6, 6.07) is 17.5. The molecule has 2 aromatic carbocycles. The molecule has 0 heterocycles. The summed E-state index contributed by atoms with van der Waals surface area (Å²) in [6.07, 6.45) is 0. The van der Waals surface area contributed by atoms with Crippen LogP contribution in [0.2, 0.25) is 0 Å². The van der Waals surface area contributed by atoms with Crippen molar-refractivity contribution >= 4 is 17.1 Å². The number of hydrogen-bond acceptors (Lipinski definition) is 3. The van der Waals surface area contributed by atoms with E-state index in [0.717, 1.165) is 17.1 Å². The largest absolute Gasteiger partial charge is 0.386 e. The molecule has 0 aliphatic carbocycles. The third-order valence-electron chi connectivity index (χ3n) is 2.20. The summed E-state index contributed by atoms with van der Waals surface area (Å²) in [7, 11) is 1.87. The van der Waals surface area contributed by atoms with Crippen molar-refractivity contribution in [3.8, 4) is 0 Å². The second-order valence-electron chi connectivity index (χ2n) is 3.30. The number of azo groups is 1. The molecule has 0 aliphatic heterocycles. The van der Waals surface area contributed by atoms with Crippen LogP contribution in [0.15, 0.2) is 64.8 Å². The molecule has 0 aliphatic rings. The van der Waals surface area contributed by atoms with Gasteiger partial charge in [-0.15, -0.1) is 5.11 Å². The number of anilines is 1.